The van der Waals surface area contributed by atoms with E-state index in [0.29, 0.717) is 10.8 Å². The molecule has 10 heteroatoms. The molecule has 2 heterocycles. The quantitative estimate of drug-likeness (QED) is 0.227. The van der Waals surface area contributed by atoms with Gasteiger partial charge in [0.15, 0.2) is 11.6 Å². The molecular weight excluding hydrogens is 482 g/mol. The molecular formula is C26H21N3O6S. The van der Waals surface area contributed by atoms with E-state index in [2.05, 4.69) is 15.5 Å². The molecule has 5 rings (SSSR count). The number of phenols is 2. The minimum absolute atomic E-state index is 0.0277. The highest BCUT2D eigenvalue weighted by atomic mass is 32.1. The molecule has 3 aromatic rings. The molecule has 9 nitrogen and oxygen atoms in total. The van der Waals surface area contributed by atoms with Crippen LogP contribution in [0, 0.1) is 6.92 Å². The second-order valence-corrected chi connectivity index (χ2v) is 9.46. The number of fused-ring (bicyclic) bond motifs is 3. The van der Waals surface area contributed by atoms with Crippen LogP contribution in [0.2, 0.25) is 0 Å². The zero-order valence-corrected chi connectivity index (χ0v) is 20.3. The Kier molecular flexibility index (Phi) is 5.40. The molecule has 4 N–H and O–H groups in total. The summed E-state index contributed by atoms with van der Waals surface area (Å²) < 4.78 is 5.96. The van der Waals surface area contributed by atoms with E-state index in [0.717, 1.165) is 5.56 Å². The Morgan fingerprint density at radius 3 is 2.61 bits per heavy atom. The van der Waals surface area contributed by atoms with Gasteiger partial charge in [0.2, 0.25) is 5.13 Å². The molecule has 0 saturated heterocycles. The number of aliphatic hydroxyl groups is 1. The van der Waals surface area contributed by atoms with Gasteiger partial charge >= 0.3 is 0 Å². The van der Waals surface area contributed by atoms with Crippen molar-refractivity contribution < 1.29 is 29.6 Å². The van der Waals surface area contributed by atoms with Crippen molar-refractivity contribution >= 4 is 34.2 Å². The van der Waals surface area contributed by atoms with E-state index in [-0.39, 0.29) is 45.3 Å². The number of Topliss-reactive ketones (excluding diaryl/α,β-unsaturated/α-hetero) is 2. The summed E-state index contributed by atoms with van der Waals surface area (Å²) in [6, 6.07) is 9.49. The van der Waals surface area contributed by atoms with Crippen molar-refractivity contribution in [2.45, 2.75) is 26.2 Å². The lowest BCUT2D eigenvalue weighted by Crippen LogP contribution is -2.38. The third-order valence-corrected chi connectivity index (χ3v) is 7.08. The summed E-state index contributed by atoms with van der Waals surface area (Å²) in [5, 5.41) is 38.6. The molecule has 0 radical (unpaired) electrons. The van der Waals surface area contributed by atoms with E-state index in [1.54, 1.807) is 11.6 Å². The predicted molar refractivity (Wildman–Crippen MR) is 135 cm³/mol. The number of rotatable bonds is 5. The average molecular weight is 504 g/mol. The number of carbonyl (C=O) groups excluding carboxylic acids is 2. The number of phenolic OH excluding ortho intramolecular Hbond substituents is 2. The number of carbonyl (C=O) groups is 2. The highest BCUT2D eigenvalue weighted by Crippen LogP contribution is 2.60. The van der Waals surface area contributed by atoms with Gasteiger partial charge in [-0.1, -0.05) is 30.3 Å². The fourth-order valence-corrected chi connectivity index (χ4v) is 5.06. The number of aromatic hydroxyl groups is 2. The van der Waals surface area contributed by atoms with Crippen molar-refractivity contribution in [3.05, 3.63) is 75.6 Å². The number of allylic oxidation sites excluding steroid dienone is 3. The van der Waals surface area contributed by atoms with Crippen LogP contribution in [0.4, 0.5) is 5.13 Å². The lowest BCUT2D eigenvalue weighted by molar-refractivity contribution is -0.123. The van der Waals surface area contributed by atoms with Crippen molar-refractivity contribution in [2.24, 2.45) is 5.10 Å². The van der Waals surface area contributed by atoms with Crippen molar-refractivity contribution in [3.63, 3.8) is 0 Å². The normalized spacial score (nSPS) is 18.6. The number of benzene rings is 2. The van der Waals surface area contributed by atoms with E-state index in [4.69, 9.17) is 4.74 Å². The second-order valence-electron chi connectivity index (χ2n) is 8.60. The molecule has 0 saturated carbocycles. The SMILES string of the molecule is CC(=O)C1=C(O)C=C2Oc3c(-c4csc(N/N=C/c5ccccc5)n4)c(O)c(C)c(O)c3[C@@]2(C)C1=O. The Balaban J connectivity index is 1.58. The summed E-state index contributed by atoms with van der Waals surface area (Å²) >= 11 is 1.23. The Morgan fingerprint density at radius 1 is 1.19 bits per heavy atom. The Hall–Kier alpha value is -4.44. The number of ether oxygens (including phenoxy) is 1. The van der Waals surface area contributed by atoms with Crippen molar-refractivity contribution in [2.75, 3.05) is 5.43 Å². The first-order valence-electron chi connectivity index (χ1n) is 10.9. The van der Waals surface area contributed by atoms with Crippen molar-refractivity contribution in [3.8, 4) is 28.5 Å². The smallest absolute Gasteiger partial charge is 0.203 e. The van der Waals surface area contributed by atoms with Gasteiger partial charge in [-0.2, -0.15) is 5.10 Å². The van der Waals surface area contributed by atoms with Gasteiger partial charge < -0.3 is 20.1 Å². The number of aromatic nitrogens is 1. The van der Waals surface area contributed by atoms with E-state index >= 15 is 0 Å². The van der Waals surface area contributed by atoms with Gasteiger partial charge in [0.25, 0.3) is 0 Å². The fraction of sp³-hybridized carbons (Fsp3) is 0.154. The van der Waals surface area contributed by atoms with Gasteiger partial charge in [-0.25, -0.2) is 4.98 Å². The van der Waals surface area contributed by atoms with Gasteiger partial charge in [-0.05, 0) is 26.3 Å². The van der Waals surface area contributed by atoms with E-state index in [1.807, 2.05) is 30.3 Å². The number of hydrogen-bond acceptors (Lipinski definition) is 10. The Bertz CT molecular complexity index is 1540. The maximum Gasteiger partial charge on any atom is 0.203 e. The maximum absolute atomic E-state index is 13.4. The van der Waals surface area contributed by atoms with E-state index in [1.165, 1.54) is 38.2 Å². The van der Waals surface area contributed by atoms with Crippen molar-refractivity contribution in [1.29, 1.82) is 0 Å². The van der Waals surface area contributed by atoms with Crippen LogP contribution < -0.4 is 10.2 Å². The molecule has 36 heavy (non-hydrogen) atoms. The highest BCUT2D eigenvalue weighted by molar-refractivity contribution is 7.14. The molecule has 0 fully saturated rings. The van der Waals surface area contributed by atoms with E-state index in [9.17, 15) is 24.9 Å². The zero-order valence-electron chi connectivity index (χ0n) is 19.5. The first-order chi connectivity index (χ1) is 17.1. The van der Waals surface area contributed by atoms with Crippen LogP contribution in [-0.4, -0.2) is 38.1 Å². The molecule has 0 amide bonds. The van der Waals surface area contributed by atoms with Crippen LogP contribution in [0.5, 0.6) is 17.2 Å². The maximum atomic E-state index is 13.4. The minimum Gasteiger partial charge on any atom is -0.507 e. The summed E-state index contributed by atoms with van der Waals surface area (Å²) in [6.07, 6.45) is 2.83. The third-order valence-electron chi connectivity index (χ3n) is 6.33. The summed E-state index contributed by atoms with van der Waals surface area (Å²) in [6.45, 7) is 4.19. The van der Waals surface area contributed by atoms with Gasteiger partial charge in [0.05, 0.1) is 23.0 Å². The largest absolute Gasteiger partial charge is 0.507 e. The second kappa shape index (κ2) is 8.35. The number of ketones is 2. The molecule has 182 valence electrons. The van der Waals surface area contributed by atoms with Crippen LogP contribution >= 0.6 is 11.3 Å². The third kappa shape index (κ3) is 3.37. The van der Waals surface area contributed by atoms with Gasteiger partial charge in [-0.3, -0.25) is 15.0 Å². The molecule has 2 aromatic carbocycles. The van der Waals surface area contributed by atoms with Gasteiger partial charge in [0.1, 0.15) is 39.8 Å². The summed E-state index contributed by atoms with van der Waals surface area (Å²) in [5.74, 6) is -2.36. The summed E-state index contributed by atoms with van der Waals surface area (Å²) in [7, 11) is 0. The molecule has 0 spiro atoms. The average Bonchev–Trinajstić information content (AvgIpc) is 3.41. The topological polar surface area (TPSA) is 141 Å². The predicted octanol–water partition coefficient (Wildman–Crippen LogP) is 4.49. The molecule has 1 aliphatic carbocycles. The monoisotopic (exact) mass is 503 g/mol. The standard InChI is InChI=1S/C26H21N3O6S/c1-12-21(32)19(15-11-36-25(28-15)29-27-10-14-7-5-4-6-8-14)23-20(22(12)33)26(3)17(35-23)9-16(31)18(13(2)30)24(26)34/h4-11,31-33H,1-3H3,(H,28,29)/b27-10+/t26-/m0/s1. The molecule has 1 aliphatic heterocycles. The number of aliphatic hydroxyl groups excluding tert-OH is 1. The van der Waals surface area contributed by atoms with Crippen LogP contribution in [-0.2, 0) is 15.0 Å². The fourth-order valence-electron chi connectivity index (χ4n) is 4.41. The van der Waals surface area contributed by atoms with Crippen LogP contribution in [0.1, 0.15) is 30.5 Å². The molecule has 1 atom stereocenters. The molecule has 2 aliphatic rings. The molecule has 1 aromatic heterocycles. The first-order valence-corrected chi connectivity index (χ1v) is 11.8. The molecule has 0 bridgehead atoms. The first kappa shape index (κ1) is 23.3. The summed E-state index contributed by atoms with van der Waals surface area (Å²) in [4.78, 5) is 30.0. The van der Waals surface area contributed by atoms with Crippen molar-refractivity contribution in [1.82, 2.24) is 4.98 Å². The van der Waals surface area contributed by atoms with Gasteiger partial charge in [-0.15, -0.1) is 11.3 Å². The minimum atomic E-state index is -1.57. The van der Waals surface area contributed by atoms with Crippen LogP contribution in [0.25, 0.3) is 11.3 Å². The Morgan fingerprint density at radius 2 is 1.92 bits per heavy atom. The zero-order chi connectivity index (χ0) is 25.8. The van der Waals surface area contributed by atoms with Crippen LogP contribution in [0.15, 0.2) is 64.0 Å². The number of thiazole rings is 1. The number of hydrogen-bond donors (Lipinski definition) is 4. The lowest BCUT2D eigenvalue weighted by Gasteiger charge is -2.28. The number of nitrogens with zero attached hydrogens (tertiary/aromatic N) is 2. The number of anilines is 1. The summed E-state index contributed by atoms with van der Waals surface area (Å²) in [5.41, 5.74) is 2.52. The van der Waals surface area contributed by atoms with E-state index < -0.39 is 22.7 Å². The Labute approximate surface area is 209 Å². The highest BCUT2D eigenvalue weighted by Gasteiger charge is 2.55. The number of nitrogens with one attached hydrogen (secondary N) is 1. The van der Waals surface area contributed by atoms with Crippen LogP contribution in [0.3, 0.4) is 0 Å². The lowest BCUT2D eigenvalue weighted by atomic mass is 9.71. The molecule has 0 unspecified atom stereocenters. The number of hydrazone groups is 1. The van der Waals surface area contributed by atoms with Gasteiger partial charge in [0, 0.05) is 17.0 Å².